The number of anilines is 1. The van der Waals surface area contributed by atoms with Crippen LogP contribution >= 0.6 is 0 Å². The second kappa shape index (κ2) is 10.3. The summed E-state index contributed by atoms with van der Waals surface area (Å²) in [5, 5.41) is 11.1. The highest BCUT2D eigenvalue weighted by Gasteiger charge is 2.33. The summed E-state index contributed by atoms with van der Waals surface area (Å²) in [7, 11) is 1.82. The van der Waals surface area contributed by atoms with Crippen molar-refractivity contribution in [3.8, 4) is 11.3 Å². The third kappa shape index (κ3) is 5.85. The van der Waals surface area contributed by atoms with E-state index in [-0.39, 0.29) is 18.9 Å². The zero-order valence-corrected chi connectivity index (χ0v) is 19.0. The molecule has 8 nitrogen and oxygen atoms in total. The Balaban J connectivity index is 1.69. The van der Waals surface area contributed by atoms with Crippen molar-refractivity contribution in [2.75, 3.05) is 5.32 Å². The summed E-state index contributed by atoms with van der Waals surface area (Å²) in [6.07, 6.45) is 1.86. The minimum atomic E-state index is -4.59. The molecule has 0 bridgehead atoms. The van der Waals surface area contributed by atoms with E-state index in [4.69, 9.17) is 0 Å². The van der Waals surface area contributed by atoms with E-state index < -0.39 is 11.9 Å². The van der Waals surface area contributed by atoms with Crippen LogP contribution in [0.4, 0.5) is 19.0 Å². The van der Waals surface area contributed by atoms with Crippen molar-refractivity contribution in [3.63, 3.8) is 0 Å². The molecule has 3 aromatic rings. The first kappa shape index (κ1) is 24.6. The van der Waals surface area contributed by atoms with Gasteiger partial charge in [0.15, 0.2) is 0 Å². The highest BCUT2D eigenvalue weighted by molar-refractivity contribution is 5.89. The molecule has 0 saturated heterocycles. The zero-order valence-electron chi connectivity index (χ0n) is 19.0. The summed E-state index contributed by atoms with van der Waals surface area (Å²) >= 11 is 0. The molecule has 1 N–H and O–H groups in total. The van der Waals surface area contributed by atoms with E-state index in [2.05, 4.69) is 32.1 Å². The van der Waals surface area contributed by atoms with Crippen molar-refractivity contribution in [2.24, 2.45) is 12.0 Å². The van der Waals surface area contributed by atoms with Crippen LogP contribution in [-0.2, 0) is 24.8 Å². The minimum Gasteiger partial charge on any atom is -0.309 e. The summed E-state index contributed by atoms with van der Waals surface area (Å²) in [5.74, 6) is 0.00976. The number of hydrogen-bond acceptors (Lipinski definition) is 5. The van der Waals surface area contributed by atoms with Crippen molar-refractivity contribution in [1.82, 2.24) is 24.5 Å². The number of aliphatic imine (C=N–C) groups is 1. The van der Waals surface area contributed by atoms with Gasteiger partial charge in [-0.3, -0.25) is 19.2 Å². The van der Waals surface area contributed by atoms with Gasteiger partial charge in [-0.05, 0) is 50.1 Å². The molecule has 3 rings (SSSR count). The summed E-state index contributed by atoms with van der Waals surface area (Å²) in [6, 6.07) is 5.36. The van der Waals surface area contributed by atoms with Crippen LogP contribution in [0.2, 0.25) is 0 Å². The first-order valence-corrected chi connectivity index (χ1v) is 10.3. The number of nitrogens with zero attached hydrogens (tertiary/aromatic N) is 6. The van der Waals surface area contributed by atoms with E-state index in [0.29, 0.717) is 22.8 Å². The molecule has 0 aliphatic carbocycles. The SMILES string of the molecule is C=CC=N/C(=C\Cc1c(C)nn(CC(=O)Nc2ccc(-c3ccnn3C)cn2)c1C)C(F)(F)F. The maximum absolute atomic E-state index is 13.2. The Morgan fingerprint density at radius 2 is 2.03 bits per heavy atom. The number of carbonyl (C=O) groups excluding carboxylic acids is 1. The molecule has 0 spiro atoms. The first-order valence-electron chi connectivity index (χ1n) is 10.3. The lowest BCUT2D eigenvalue weighted by Crippen LogP contribution is -2.21. The normalized spacial score (nSPS) is 12.4. The number of rotatable bonds is 8. The van der Waals surface area contributed by atoms with Gasteiger partial charge in [0.25, 0.3) is 0 Å². The summed E-state index contributed by atoms with van der Waals surface area (Å²) in [5.41, 5.74) is 2.45. The molecule has 3 aromatic heterocycles. The van der Waals surface area contributed by atoms with Gasteiger partial charge in [0, 0.05) is 36.9 Å². The smallest absolute Gasteiger partial charge is 0.309 e. The van der Waals surface area contributed by atoms with Gasteiger partial charge in [0.1, 0.15) is 18.1 Å². The van der Waals surface area contributed by atoms with Crippen LogP contribution < -0.4 is 5.32 Å². The lowest BCUT2D eigenvalue weighted by atomic mass is 10.1. The third-order valence-corrected chi connectivity index (χ3v) is 5.08. The number of aryl methyl sites for hydroxylation is 2. The van der Waals surface area contributed by atoms with Crippen LogP contribution in [0.25, 0.3) is 11.3 Å². The second-order valence-corrected chi connectivity index (χ2v) is 7.43. The number of nitrogens with one attached hydrogen (secondary N) is 1. The quantitative estimate of drug-likeness (QED) is 0.499. The number of hydrogen-bond donors (Lipinski definition) is 1. The van der Waals surface area contributed by atoms with E-state index in [9.17, 15) is 18.0 Å². The molecule has 0 aliphatic rings. The predicted molar refractivity (Wildman–Crippen MR) is 123 cm³/mol. The minimum absolute atomic E-state index is 0.0281. The monoisotopic (exact) mass is 471 g/mol. The van der Waals surface area contributed by atoms with Crippen molar-refractivity contribution < 1.29 is 18.0 Å². The van der Waals surface area contributed by atoms with Gasteiger partial charge in [-0.2, -0.15) is 23.4 Å². The molecule has 1 amide bonds. The highest BCUT2D eigenvalue weighted by Crippen LogP contribution is 2.27. The second-order valence-electron chi connectivity index (χ2n) is 7.43. The van der Waals surface area contributed by atoms with E-state index in [0.717, 1.165) is 23.5 Å². The number of halogens is 3. The molecular formula is C23H24F3N7O. The van der Waals surface area contributed by atoms with Crippen LogP contribution in [0.3, 0.4) is 0 Å². The lowest BCUT2D eigenvalue weighted by molar-refractivity contribution is -0.117. The molecule has 0 radical (unpaired) electrons. The Bertz CT molecular complexity index is 1230. The third-order valence-electron chi connectivity index (χ3n) is 5.08. The van der Waals surface area contributed by atoms with E-state index in [1.54, 1.807) is 37.0 Å². The average molecular weight is 471 g/mol. The first-order chi connectivity index (χ1) is 16.1. The van der Waals surface area contributed by atoms with Crippen LogP contribution in [0, 0.1) is 13.8 Å². The highest BCUT2D eigenvalue weighted by atomic mass is 19.4. The predicted octanol–water partition coefficient (Wildman–Crippen LogP) is 4.18. The van der Waals surface area contributed by atoms with Crippen molar-refractivity contribution in [2.45, 2.75) is 33.0 Å². The fraction of sp³-hybridized carbons (Fsp3) is 0.261. The molecular weight excluding hydrogens is 447 g/mol. The number of amides is 1. The van der Waals surface area contributed by atoms with Gasteiger partial charge in [-0.15, -0.1) is 0 Å². The van der Waals surface area contributed by atoms with Gasteiger partial charge >= 0.3 is 6.18 Å². The Morgan fingerprint density at radius 3 is 2.62 bits per heavy atom. The molecule has 11 heteroatoms. The molecule has 0 unspecified atom stereocenters. The molecule has 0 aliphatic heterocycles. The largest absolute Gasteiger partial charge is 0.433 e. The van der Waals surface area contributed by atoms with Crippen molar-refractivity contribution in [3.05, 3.63) is 72.0 Å². The molecule has 0 aromatic carbocycles. The van der Waals surface area contributed by atoms with Crippen LogP contribution in [0.15, 0.2) is 60.0 Å². The van der Waals surface area contributed by atoms with Gasteiger partial charge in [-0.25, -0.2) is 4.98 Å². The summed E-state index contributed by atoms with van der Waals surface area (Å²) < 4.78 is 42.6. The van der Waals surface area contributed by atoms with Gasteiger partial charge < -0.3 is 5.32 Å². The van der Waals surface area contributed by atoms with Crippen molar-refractivity contribution in [1.29, 1.82) is 0 Å². The number of carbonyl (C=O) groups is 1. The standard InChI is InChI=1S/C23H24F3N7O/c1-5-11-27-20(23(24,25)26)8-7-18-15(2)31-33(16(18)3)14-22(34)30-21-9-6-17(13-28-21)19-10-12-29-32(19)4/h5-6,8-13H,1,7,14H2,2-4H3,(H,28,30,34)/b20-8-,27-11?. The topological polar surface area (TPSA) is 90.0 Å². The summed E-state index contributed by atoms with van der Waals surface area (Å²) in [6.45, 7) is 6.62. The maximum Gasteiger partial charge on any atom is 0.433 e. The van der Waals surface area contributed by atoms with Gasteiger partial charge in [0.05, 0.1) is 11.4 Å². The number of alkyl halides is 3. The molecule has 0 saturated carbocycles. The van der Waals surface area contributed by atoms with E-state index in [1.165, 1.54) is 10.8 Å². The van der Waals surface area contributed by atoms with E-state index in [1.807, 2.05) is 19.2 Å². The Labute approximate surface area is 194 Å². The number of aromatic nitrogens is 5. The van der Waals surface area contributed by atoms with Crippen LogP contribution in [-0.4, -0.2) is 42.8 Å². The number of pyridine rings is 1. The molecule has 3 heterocycles. The van der Waals surface area contributed by atoms with E-state index >= 15 is 0 Å². The summed E-state index contributed by atoms with van der Waals surface area (Å²) in [4.78, 5) is 20.2. The lowest BCUT2D eigenvalue weighted by Gasteiger charge is -2.08. The van der Waals surface area contributed by atoms with Crippen LogP contribution in [0.1, 0.15) is 17.0 Å². The molecule has 0 atom stereocenters. The van der Waals surface area contributed by atoms with Gasteiger partial charge in [-0.1, -0.05) is 12.7 Å². The van der Waals surface area contributed by atoms with Crippen molar-refractivity contribution >= 4 is 17.9 Å². The fourth-order valence-corrected chi connectivity index (χ4v) is 3.35. The fourth-order valence-electron chi connectivity index (χ4n) is 3.35. The molecule has 0 fully saturated rings. The zero-order chi connectivity index (χ0) is 24.9. The Kier molecular flexibility index (Phi) is 7.44. The molecule has 34 heavy (non-hydrogen) atoms. The number of allylic oxidation sites excluding steroid dienone is 3. The maximum atomic E-state index is 13.2. The van der Waals surface area contributed by atoms with Gasteiger partial charge in [0.2, 0.25) is 5.91 Å². The Morgan fingerprint density at radius 1 is 1.26 bits per heavy atom. The Hall–Kier alpha value is -4.02. The van der Waals surface area contributed by atoms with Crippen LogP contribution in [0.5, 0.6) is 0 Å². The average Bonchev–Trinajstić information content (AvgIpc) is 3.31. The molecule has 178 valence electrons.